The molecule has 12 heteroatoms. The number of rotatable bonds is 7. The molecule has 1 amide bonds. The van der Waals surface area contributed by atoms with E-state index in [1.54, 1.807) is 19.1 Å². The van der Waals surface area contributed by atoms with Crippen LogP contribution in [-0.4, -0.2) is 63.7 Å². The average molecular weight is 576 g/mol. The number of hydrogen-bond donors (Lipinski definition) is 1. The zero-order chi connectivity index (χ0) is 29.2. The third kappa shape index (κ3) is 4.25. The number of hydrazone groups is 1. The number of benzene rings is 2. The lowest BCUT2D eigenvalue weighted by atomic mass is 9.78. The number of β-lactam (4-membered cyclic amide) rings is 1. The summed E-state index contributed by atoms with van der Waals surface area (Å²) in [6, 6.07) is 13.7. The van der Waals surface area contributed by atoms with E-state index < -0.39 is 45.9 Å². The number of carbonyl (C=O) groups excluding carboxylic acids is 2. The molecule has 0 unspecified atom stereocenters. The van der Waals surface area contributed by atoms with Crippen molar-refractivity contribution in [1.82, 2.24) is 13.9 Å². The number of carbonyl (C=O) groups is 2. The van der Waals surface area contributed by atoms with Crippen LogP contribution in [0.2, 0.25) is 0 Å². The maximum atomic E-state index is 13.9. The molecular weight excluding hydrogens is 546 g/mol. The Labute approximate surface area is 237 Å². The fourth-order valence-corrected chi connectivity index (χ4v) is 7.54. The van der Waals surface area contributed by atoms with Crippen LogP contribution in [0.25, 0.3) is 0 Å². The van der Waals surface area contributed by atoms with Crippen molar-refractivity contribution in [2.75, 3.05) is 6.54 Å². The number of amides is 1. The smallest absolute Gasteiger partial charge is 0.280 e. The largest absolute Gasteiger partial charge is 0.543 e. The number of imidazole rings is 1. The summed E-state index contributed by atoms with van der Waals surface area (Å²) in [6.07, 6.45) is 4.78. The summed E-state index contributed by atoms with van der Waals surface area (Å²) in [5.41, 5.74) is 2.32. The lowest BCUT2D eigenvalue weighted by Crippen LogP contribution is -2.64. The third-order valence-corrected chi connectivity index (χ3v) is 9.79. The average Bonchev–Trinajstić information content (AvgIpc) is 3.44. The molecule has 0 aliphatic carbocycles. The maximum absolute atomic E-state index is 13.9. The summed E-state index contributed by atoms with van der Waals surface area (Å²) in [7, 11) is -2.28. The van der Waals surface area contributed by atoms with Gasteiger partial charge in [0, 0.05) is 17.0 Å². The molecule has 4 atom stereocenters. The predicted octanol–water partition coefficient (Wildman–Crippen LogP) is -0.0209. The topological polar surface area (TPSA) is 139 Å². The molecule has 3 aromatic rings. The van der Waals surface area contributed by atoms with Crippen molar-refractivity contribution in [1.29, 1.82) is 0 Å². The van der Waals surface area contributed by atoms with Gasteiger partial charge >= 0.3 is 0 Å². The van der Waals surface area contributed by atoms with E-state index in [-0.39, 0.29) is 22.7 Å². The number of aliphatic hydroxyl groups excluding tert-OH is 1. The summed E-state index contributed by atoms with van der Waals surface area (Å²) >= 11 is 0. The zero-order valence-electron chi connectivity index (χ0n) is 22.7. The molecule has 2 aromatic carbocycles. The van der Waals surface area contributed by atoms with Crippen LogP contribution >= 0.6 is 0 Å². The van der Waals surface area contributed by atoms with Crippen LogP contribution in [0, 0.1) is 11.8 Å². The van der Waals surface area contributed by atoms with Crippen LogP contribution in [0.5, 0.6) is 0 Å². The highest BCUT2D eigenvalue weighted by Gasteiger charge is 2.59. The number of carboxylic acids is 1. The van der Waals surface area contributed by atoms with Gasteiger partial charge < -0.3 is 19.9 Å². The first-order valence-electron chi connectivity index (χ1n) is 13.3. The monoisotopic (exact) mass is 575 g/mol. The standard InChI is InChI=1S/C29H29N5O6S/c1-17-22(27(29(37)38)34-26(17)24(18(2)35)28(34)36)15-33-30-25(20-7-5-4-6-8-20)21-13-19(9-10-23(21)41(33,39)40)14-32-12-11-31(3)16-32/h4-13,16-18,24,26,35H,14-15H2,1-3H3/t17-,18+,24+,26+/m0/s1. The normalized spacial score (nSPS) is 23.6. The van der Waals surface area contributed by atoms with Crippen LogP contribution in [0.1, 0.15) is 30.5 Å². The summed E-state index contributed by atoms with van der Waals surface area (Å²) in [4.78, 5) is 26.1. The second-order valence-corrected chi connectivity index (χ2v) is 12.6. The van der Waals surface area contributed by atoms with Crippen molar-refractivity contribution in [2.45, 2.75) is 37.4 Å². The van der Waals surface area contributed by atoms with Gasteiger partial charge in [0.1, 0.15) is 24.7 Å². The summed E-state index contributed by atoms with van der Waals surface area (Å²) in [5, 5.41) is 26.9. The highest BCUT2D eigenvalue weighted by molar-refractivity contribution is 7.89. The second-order valence-electron chi connectivity index (χ2n) is 10.8. The number of aliphatic carboxylic acids is 1. The van der Waals surface area contributed by atoms with Gasteiger partial charge in [-0.25, -0.2) is 9.13 Å². The van der Waals surface area contributed by atoms with Crippen LogP contribution < -0.4 is 9.67 Å². The van der Waals surface area contributed by atoms with Gasteiger partial charge in [0.2, 0.25) is 12.2 Å². The summed E-state index contributed by atoms with van der Waals surface area (Å²) < 4.78 is 32.7. The molecule has 0 bridgehead atoms. The van der Waals surface area contributed by atoms with E-state index in [2.05, 4.69) is 5.10 Å². The van der Waals surface area contributed by atoms with Crippen LogP contribution in [0.4, 0.5) is 0 Å². The number of fused-ring (bicyclic) bond motifs is 2. The van der Waals surface area contributed by atoms with E-state index in [1.807, 2.05) is 71.3 Å². The molecule has 1 N–H and O–H groups in total. The molecule has 1 saturated heterocycles. The van der Waals surface area contributed by atoms with Crippen molar-refractivity contribution in [3.8, 4) is 0 Å². The van der Waals surface area contributed by atoms with Gasteiger partial charge in [-0.05, 0) is 30.2 Å². The molecule has 4 heterocycles. The highest BCUT2D eigenvalue weighted by Crippen LogP contribution is 2.47. The van der Waals surface area contributed by atoms with Gasteiger partial charge in [0.05, 0.1) is 48.2 Å². The molecule has 1 fully saturated rings. The number of hydrogen-bond acceptors (Lipinski definition) is 7. The first-order valence-corrected chi connectivity index (χ1v) is 14.7. The molecule has 6 rings (SSSR count). The minimum absolute atomic E-state index is 0.0515. The quantitative estimate of drug-likeness (QED) is 0.310. The molecule has 3 aliphatic rings. The Hall–Kier alpha value is -4.29. The fraction of sp³-hybridized carbons (Fsp3) is 0.310. The molecule has 212 valence electrons. The van der Waals surface area contributed by atoms with E-state index in [4.69, 9.17) is 0 Å². The lowest BCUT2D eigenvalue weighted by molar-refractivity contribution is -0.671. The molecule has 0 radical (unpaired) electrons. The van der Waals surface area contributed by atoms with E-state index in [0.717, 1.165) is 14.9 Å². The Kier molecular flexibility index (Phi) is 6.34. The highest BCUT2D eigenvalue weighted by atomic mass is 32.2. The SMILES string of the molecule is C[C@@H](O)[C@H]1C(=O)N2C(C(=O)[O-])=C(CN3N=C(c4ccccc4)c4cc(Cn5cc[n+](C)c5)ccc4S3(=O)=O)[C@H](C)[C@H]12. The van der Waals surface area contributed by atoms with Crippen molar-refractivity contribution in [2.24, 2.45) is 24.0 Å². The van der Waals surface area contributed by atoms with E-state index in [9.17, 15) is 28.2 Å². The number of aryl methyl sites for hydroxylation is 1. The Morgan fingerprint density at radius 2 is 1.90 bits per heavy atom. The molecule has 0 spiro atoms. The lowest BCUT2D eigenvalue weighted by Gasteiger charge is -2.47. The fourth-order valence-electron chi connectivity index (χ4n) is 6.14. The van der Waals surface area contributed by atoms with Gasteiger partial charge in [-0.3, -0.25) is 4.79 Å². The number of nitrogens with zero attached hydrogens (tertiary/aromatic N) is 5. The molecule has 3 aliphatic heterocycles. The van der Waals surface area contributed by atoms with Crippen molar-refractivity contribution >= 4 is 27.6 Å². The van der Waals surface area contributed by atoms with E-state index in [0.29, 0.717) is 23.4 Å². The number of aliphatic hydroxyl groups is 1. The second kappa shape index (κ2) is 9.67. The third-order valence-electron chi connectivity index (χ3n) is 8.12. The Morgan fingerprint density at radius 1 is 1.17 bits per heavy atom. The number of aromatic nitrogens is 2. The molecular formula is C29H29N5O6S. The number of carboxylic acid groups (broad SMARTS) is 1. The zero-order valence-corrected chi connectivity index (χ0v) is 23.5. The van der Waals surface area contributed by atoms with E-state index >= 15 is 0 Å². The van der Waals surface area contributed by atoms with Gasteiger partial charge in [-0.1, -0.05) is 43.3 Å². The first kappa shape index (κ1) is 26.9. The van der Waals surface area contributed by atoms with Crippen molar-refractivity contribution < 1.29 is 32.8 Å². The summed E-state index contributed by atoms with van der Waals surface area (Å²) in [5.74, 6) is -3.40. The predicted molar refractivity (Wildman–Crippen MR) is 144 cm³/mol. The van der Waals surface area contributed by atoms with Crippen molar-refractivity contribution in [3.63, 3.8) is 0 Å². The summed E-state index contributed by atoms with van der Waals surface area (Å²) in [6.45, 7) is 3.35. The van der Waals surface area contributed by atoms with Crippen LogP contribution in [-0.2, 0) is 33.2 Å². The van der Waals surface area contributed by atoms with Gasteiger partial charge in [-0.2, -0.15) is 17.9 Å². The maximum Gasteiger partial charge on any atom is 0.280 e. The minimum Gasteiger partial charge on any atom is -0.543 e. The van der Waals surface area contributed by atoms with Crippen LogP contribution in [0.3, 0.4) is 0 Å². The van der Waals surface area contributed by atoms with Gasteiger partial charge in [-0.15, -0.1) is 0 Å². The Morgan fingerprint density at radius 3 is 2.54 bits per heavy atom. The first-order chi connectivity index (χ1) is 19.5. The molecule has 1 aromatic heterocycles. The number of sulfonamides is 1. The Balaban J connectivity index is 1.44. The van der Waals surface area contributed by atoms with Gasteiger partial charge in [0.15, 0.2) is 0 Å². The Bertz CT molecular complexity index is 1740. The van der Waals surface area contributed by atoms with E-state index in [1.165, 1.54) is 6.92 Å². The molecule has 11 nitrogen and oxygen atoms in total. The van der Waals surface area contributed by atoms with Crippen LogP contribution in [0.15, 0.2) is 88.5 Å². The molecule has 0 saturated carbocycles. The van der Waals surface area contributed by atoms with Gasteiger partial charge in [0.25, 0.3) is 10.0 Å². The van der Waals surface area contributed by atoms with Crippen molar-refractivity contribution in [3.05, 3.63) is 95.2 Å². The minimum atomic E-state index is -4.19. The molecule has 41 heavy (non-hydrogen) atoms.